The number of hydrogen-bond acceptors (Lipinski definition) is 6. The number of benzene rings is 2. The Balaban J connectivity index is 1.30. The van der Waals surface area contributed by atoms with E-state index < -0.39 is 0 Å². The third-order valence-electron chi connectivity index (χ3n) is 6.23. The monoisotopic (exact) mass is 583 g/mol. The van der Waals surface area contributed by atoms with Gasteiger partial charge in [-0.25, -0.2) is 0 Å². The van der Waals surface area contributed by atoms with Crippen molar-refractivity contribution < 1.29 is 23.9 Å². The molecule has 1 aromatic heterocycles. The number of amides is 3. The lowest BCUT2D eigenvalue weighted by Gasteiger charge is -2.13. The molecule has 2 saturated heterocycles. The second-order valence-electron chi connectivity index (χ2n) is 8.81. The summed E-state index contributed by atoms with van der Waals surface area (Å²) >= 11 is 4.42. The number of nitrogens with zero attached hydrogens (tertiary/aromatic N) is 2. The minimum atomic E-state index is -0.350. The number of ether oxygens (including phenoxy) is 2. The van der Waals surface area contributed by atoms with E-state index in [9.17, 15) is 14.4 Å². The van der Waals surface area contributed by atoms with Crippen LogP contribution in [0.1, 0.15) is 18.4 Å². The summed E-state index contributed by atoms with van der Waals surface area (Å²) in [7, 11) is 0. The predicted molar refractivity (Wildman–Crippen MR) is 146 cm³/mol. The average molecular weight is 584 g/mol. The summed E-state index contributed by atoms with van der Waals surface area (Å²) in [5, 5.41) is 3.50. The van der Waals surface area contributed by atoms with Crippen molar-refractivity contribution in [3.8, 4) is 5.75 Å². The van der Waals surface area contributed by atoms with Crippen LogP contribution in [0.2, 0.25) is 0 Å². The van der Waals surface area contributed by atoms with Crippen LogP contribution >= 0.6 is 27.7 Å². The molecule has 2 aromatic carbocycles. The van der Waals surface area contributed by atoms with Crippen LogP contribution in [-0.2, 0) is 20.9 Å². The maximum Gasteiger partial charge on any atom is 0.293 e. The Labute approximate surface area is 227 Å². The molecule has 37 heavy (non-hydrogen) atoms. The van der Waals surface area contributed by atoms with Gasteiger partial charge in [0.1, 0.15) is 18.9 Å². The average Bonchev–Trinajstić information content (AvgIpc) is 3.59. The van der Waals surface area contributed by atoms with E-state index in [-0.39, 0.29) is 42.9 Å². The highest BCUT2D eigenvalue weighted by Gasteiger charge is 2.35. The molecule has 10 heteroatoms. The van der Waals surface area contributed by atoms with Crippen LogP contribution in [0.3, 0.4) is 0 Å². The van der Waals surface area contributed by atoms with Crippen molar-refractivity contribution in [2.75, 3.05) is 26.3 Å². The molecule has 2 aliphatic rings. The number of nitrogens with one attached hydrogen (secondary N) is 1. The molecular formula is C27H26BrN3O5S. The van der Waals surface area contributed by atoms with Crippen LogP contribution in [0.25, 0.3) is 17.0 Å². The van der Waals surface area contributed by atoms with Crippen molar-refractivity contribution in [2.24, 2.45) is 0 Å². The zero-order valence-electron chi connectivity index (χ0n) is 20.0. The predicted octanol–water partition coefficient (Wildman–Crippen LogP) is 4.81. The number of halogens is 1. The number of imide groups is 1. The van der Waals surface area contributed by atoms with Crippen molar-refractivity contribution in [3.05, 3.63) is 69.7 Å². The number of carbonyl (C=O) groups is 3. The highest BCUT2D eigenvalue weighted by Crippen LogP contribution is 2.34. The zero-order chi connectivity index (χ0) is 25.8. The third kappa shape index (κ3) is 6.08. The molecule has 0 aliphatic carbocycles. The van der Waals surface area contributed by atoms with Gasteiger partial charge in [0, 0.05) is 40.3 Å². The van der Waals surface area contributed by atoms with E-state index in [4.69, 9.17) is 9.47 Å². The molecular weight excluding hydrogens is 558 g/mol. The first-order valence-corrected chi connectivity index (χ1v) is 13.7. The normalized spacial score (nSPS) is 18.8. The van der Waals surface area contributed by atoms with E-state index in [1.165, 1.54) is 4.90 Å². The fraction of sp³-hybridized carbons (Fsp3) is 0.296. The number of thioether (sulfide) groups is 1. The largest absolute Gasteiger partial charge is 0.492 e. The standard InChI is InChI=1S/C27H26BrN3O5S/c28-19-8-9-23-22(14-19)18(16-30(23)17-25(32)29-15-21-7-4-11-35-21)13-24-26(33)31(27(34)37-24)10-12-36-20-5-2-1-3-6-20/h1-3,5-6,8-9,13-14,16,21H,4,7,10-12,15,17H2,(H,29,32)/b24-13-/t21-/m0/s1. The summed E-state index contributed by atoms with van der Waals surface area (Å²) in [5.41, 5.74) is 1.62. The van der Waals surface area contributed by atoms with Gasteiger partial charge in [-0.3, -0.25) is 19.3 Å². The van der Waals surface area contributed by atoms with Gasteiger partial charge in [-0.1, -0.05) is 34.1 Å². The number of hydrogen-bond donors (Lipinski definition) is 1. The molecule has 0 radical (unpaired) electrons. The SMILES string of the molecule is O=C(Cn1cc(/C=C2\SC(=O)N(CCOc3ccccc3)C2=O)c2cc(Br)ccc21)NC[C@@H]1CCCO1. The maximum absolute atomic E-state index is 13.0. The first kappa shape index (κ1) is 25.6. The summed E-state index contributed by atoms with van der Waals surface area (Å²) < 4.78 is 14.0. The summed E-state index contributed by atoms with van der Waals surface area (Å²) in [4.78, 5) is 39.8. The van der Waals surface area contributed by atoms with Crippen molar-refractivity contribution in [1.29, 1.82) is 0 Å². The summed E-state index contributed by atoms with van der Waals surface area (Å²) in [5.74, 6) is 0.223. The van der Waals surface area contributed by atoms with Crippen LogP contribution in [0.5, 0.6) is 5.75 Å². The Kier molecular flexibility index (Phi) is 7.97. The van der Waals surface area contributed by atoms with Gasteiger partial charge in [0.15, 0.2) is 0 Å². The number of para-hydroxylation sites is 1. The number of fused-ring (bicyclic) bond motifs is 1. The van der Waals surface area contributed by atoms with Crippen LogP contribution in [0.4, 0.5) is 4.79 Å². The number of aromatic nitrogens is 1. The third-order valence-corrected chi connectivity index (χ3v) is 7.63. The Hall–Kier alpha value is -3.08. The van der Waals surface area contributed by atoms with E-state index in [1.807, 2.05) is 59.3 Å². The lowest BCUT2D eigenvalue weighted by molar-refractivity contribution is -0.123. The first-order chi connectivity index (χ1) is 18.0. The van der Waals surface area contributed by atoms with Gasteiger partial charge in [0.05, 0.1) is 17.6 Å². The highest BCUT2D eigenvalue weighted by molar-refractivity contribution is 9.10. The van der Waals surface area contributed by atoms with Crippen LogP contribution in [-0.4, -0.2) is 58.9 Å². The van der Waals surface area contributed by atoms with Gasteiger partial charge in [-0.05, 0) is 61.0 Å². The summed E-state index contributed by atoms with van der Waals surface area (Å²) in [6, 6.07) is 15.0. The molecule has 2 fully saturated rings. The Morgan fingerprint density at radius 1 is 1.22 bits per heavy atom. The molecule has 3 aromatic rings. The fourth-order valence-corrected chi connectivity index (χ4v) is 5.61. The van der Waals surface area contributed by atoms with E-state index >= 15 is 0 Å². The molecule has 3 amide bonds. The van der Waals surface area contributed by atoms with Crippen molar-refractivity contribution in [3.63, 3.8) is 0 Å². The minimum Gasteiger partial charge on any atom is -0.492 e. The highest BCUT2D eigenvalue weighted by atomic mass is 79.9. The molecule has 0 saturated carbocycles. The van der Waals surface area contributed by atoms with Crippen molar-refractivity contribution in [2.45, 2.75) is 25.5 Å². The summed E-state index contributed by atoms with van der Waals surface area (Å²) in [6.07, 6.45) is 5.61. The van der Waals surface area contributed by atoms with Gasteiger partial charge in [0.25, 0.3) is 11.1 Å². The van der Waals surface area contributed by atoms with E-state index in [0.29, 0.717) is 17.2 Å². The van der Waals surface area contributed by atoms with Gasteiger partial charge in [-0.2, -0.15) is 0 Å². The van der Waals surface area contributed by atoms with E-state index in [2.05, 4.69) is 21.2 Å². The molecule has 5 rings (SSSR count). The molecule has 0 spiro atoms. The lowest BCUT2D eigenvalue weighted by atomic mass is 10.1. The molecule has 0 unspecified atom stereocenters. The smallest absolute Gasteiger partial charge is 0.293 e. The quantitative estimate of drug-likeness (QED) is 0.363. The van der Waals surface area contributed by atoms with Crippen molar-refractivity contribution in [1.82, 2.24) is 14.8 Å². The lowest BCUT2D eigenvalue weighted by Crippen LogP contribution is -2.34. The molecule has 3 heterocycles. The second kappa shape index (κ2) is 11.5. The second-order valence-corrected chi connectivity index (χ2v) is 10.7. The van der Waals surface area contributed by atoms with Gasteiger partial charge in [-0.15, -0.1) is 0 Å². The molecule has 8 nitrogen and oxygen atoms in total. The molecule has 2 aliphatic heterocycles. The molecule has 0 bridgehead atoms. The minimum absolute atomic E-state index is 0.0746. The molecule has 1 N–H and O–H groups in total. The zero-order valence-corrected chi connectivity index (χ0v) is 22.4. The Morgan fingerprint density at radius 2 is 2.05 bits per heavy atom. The summed E-state index contributed by atoms with van der Waals surface area (Å²) in [6.45, 7) is 1.75. The van der Waals surface area contributed by atoms with Crippen LogP contribution in [0, 0.1) is 0 Å². The molecule has 1 atom stereocenters. The van der Waals surface area contributed by atoms with Gasteiger partial charge < -0.3 is 19.4 Å². The maximum atomic E-state index is 13.0. The topological polar surface area (TPSA) is 89.9 Å². The van der Waals surface area contributed by atoms with Gasteiger partial charge in [0.2, 0.25) is 5.91 Å². The van der Waals surface area contributed by atoms with Crippen LogP contribution in [0.15, 0.2) is 64.1 Å². The number of rotatable bonds is 9. The van der Waals surface area contributed by atoms with E-state index in [1.54, 1.807) is 6.08 Å². The Bertz CT molecular complexity index is 1350. The Morgan fingerprint density at radius 3 is 2.84 bits per heavy atom. The van der Waals surface area contributed by atoms with Crippen molar-refractivity contribution >= 4 is 61.7 Å². The fourth-order valence-electron chi connectivity index (χ4n) is 4.39. The van der Waals surface area contributed by atoms with Crippen LogP contribution < -0.4 is 10.1 Å². The van der Waals surface area contributed by atoms with Gasteiger partial charge >= 0.3 is 0 Å². The number of carbonyl (C=O) groups excluding carboxylic acids is 3. The first-order valence-electron chi connectivity index (χ1n) is 12.1. The van der Waals surface area contributed by atoms with E-state index in [0.717, 1.165) is 52.1 Å². The molecule has 192 valence electrons.